The number of imidazole rings is 1. The van der Waals surface area contributed by atoms with Crippen LogP contribution in [0.3, 0.4) is 0 Å². The second-order valence-corrected chi connectivity index (χ2v) is 6.31. The molecule has 3 heterocycles. The van der Waals surface area contributed by atoms with Gasteiger partial charge in [0.25, 0.3) is 5.91 Å². The van der Waals surface area contributed by atoms with Crippen LogP contribution < -0.4 is 0 Å². The number of nitrogens with zero attached hydrogens (tertiary/aromatic N) is 5. The highest BCUT2D eigenvalue weighted by atomic mass is 16.5. The van der Waals surface area contributed by atoms with Crippen LogP contribution in [0.2, 0.25) is 0 Å². The largest absolute Gasteiger partial charge is 0.366 e. The van der Waals surface area contributed by atoms with Crippen LogP contribution >= 0.6 is 0 Å². The van der Waals surface area contributed by atoms with Gasteiger partial charge in [0.2, 0.25) is 0 Å². The second kappa shape index (κ2) is 5.96. The van der Waals surface area contributed by atoms with Crippen LogP contribution in [0.5, 0.6) is 0 Å². The Morgan fingerprint density at radius 2 is 2.16 bits per heavy atom. The van der Waals surface area contributed by atoms with Crippen molar-refractivity contribution in [3.05, 3.63) is 41.2 Å². The molecule has 25 heavy (non-hydrogen) atoms. The lowest BCUT2D eigenvalue weighted by molar-refractivity contribution is -0.0266. The summed E-state index contributed by atoms with van der Waals surface area (Å²) < 4.78 is 7.74. The monoisotopic (exact) mass is 340 g/mol. The zero-order valence-corrected chi connectivity index (χ0v) is 14.5. The third-order valence-electron chi connectivity index (χ3n) is 4.61. The van der Waals surface area contributed by atoms with Crippen molar-refractivity contribution in [2.75, 3.05) is 19.7 Å². The predicted molar refractivity (Wildman–Crippen MR) is 91.2 cm³/mol. The average Bonchev–Trinajstić information content (AvgIpc) is 3.18. The Kier molecular flexibility index (Phi) is 3.76. The molecule has 8 nitrogen and oxygen atoms in total. The summed E-state index contributed by atoms with van der Waals surface area (Å²) >= 11 is 0. The molecule has 0 bridgehead atoms. The molecule has 0 unspecified atom stereocenters. The number of amides is 1. The molecule has 0 radical (unpaired) electrons. The first-order chi connectivity index (χ1) is 12.0. The molecule has 8 heteroatoms. The van der Waals surface area contributed by atoms with Crippen LogP contribution in [0.1, 0.15) is 33.9 Å². The molecule has 1 aliphatic heterocycles. The Bertz CT molecular complexity index is 944. The standard InChI is InChI=1S/C17H20N6O2/c1-10-18-16(21-20-10)15-9-23(6-7-25-15)17(24)12-4-5-14-13(8-12)19-11(2)22(14)3/h4-5,8,15H,6-7,9H2,1-3H3,(H,18,20,21)/t15-/m0/s1. The van der Waals surface area contributed by atoms with E-state index in [1.54, 1.807) is 4.90 Å². The van der Waals surface area contributed by atoms with Crippen molar-refractivity contribution < 1.29 is 9.53 Å². The van der Waals surface area contributed by atoms with Gasteiger partial charge < -0.3 is 14.2 Å². The van der Waals surface area contributed by atoms with Crippen molar-refractivity contribution in [3.8, 4) is 0 Å². The lowest BCUT2D eigenvalue weighted by Gasteiger charge is -2.31. The summed E-state index contributed by atoms with van der Waals surface area (Å²) in [5.41, 5.74) is 2.49. The lowest BCUT2D eigenvalue weighted by atomic mass is 10.1. The first-order valence-electron chi connectivity index (χ1n) is 8.26. The maximum atomic E-state index is 12.9. The molecule has 1 aliphatic rings. The van der Waals surface area contributed by atoms with Gasteiger partial charge in [0, 0.05) is 19.2 Å². The first-order valence-corrected chi connectivity index (χ1v) is 8.26. The molecular formula is C17H20N6O2. The molecule has 1 N–H and O–H groups in total. The fourth-order valence-electron chi connectivity index (χ4n) is 3.13. The quantitative estimate of drug-likeness (QED) is 0.764. The second-order valence-electron chi connectivity index (χ2n) is 6.31. The molecule has 130 valence electrons. The van der Waals surface area contributed by atoms with E-state index in [2.05, 4.69) is 20.2 Å². The number of aryl methyl sites for hydroxylation is 3. The number of benzene rings is 1. The number of hydrogen-bond acceptors (Lipinski definition) is 5. The van der Waals surface area contributed by atoms with Gasteiger partial charge in [-0.15, -0.1) is 0 Å². The number of ether oxygens (including phenoxy) is 1. The maximum Gasteiger partial charge on any atom is 0.254 e. The summed E-state index contributed by atoms with van der Waals surface area (Å²) in [5.74, 6) is 2.22. The first kappa shape index (κ1) is 15.8. The number of carbonyl (C=O) groups excluding carboxylic acids is 1. The van der Waals surface area contributed by atoms with E-state index in [9.17, 15) is 4.79 Å². The fourth-order valence-corrected chi connectivity index (χ4v) is 3.13. The molecule has 0 aliphatic carbocycles. The number of aromatic amines is 1. The van der Waals surface area contributed by atoms with E-state index < -0.39 is 0 Å². The van der Waals surface area contributed by atoms with Crippen molar-refractivity contribution in [1.29, 1.82) is 0 Å². The van der Waals surface area contributed by atoms with Gasteiger partial charge in [-0.1, -0.05) is 0 Å². The van der Waals surface area contributed by atoms with Gasteiger partial charge in [0.05, 0.1) is 24.2 Å². The summed E-state index contributed by atoms with van der Waals surface area (Å²) in [5, 5.41) is 6.96. The lowest BCUT2D eigenvalue weighted by Crippen LogP contribution is -2.42. The molecule has 4 rings (SSSR count). The molecule has 3 aromatic rings. The number of hydrogen-bond donors (Lipinski definition) is 1. The summed E-state index contributed by atoms with van der Waals surface area (Å²) in [6.45, 7) is 5.25. The Hall–Kier alpha value is -2.74. The Morgan fingerprint density at radius 1 is 1.32 bits per heavy atom. The Labute approximate surface area is 144 Å². The number of rotatable bonds is 2. The van der Waals surface area contributed by atoms with E-state index in [0.29, 0.717) is 31.1 Å². The number of fused-ring (bicyclic) bond motifs is 1. The number of aromatic nitrogens is 5. The van der Waals surface area contributed by atoms with E-state index >= 15 is 0 Å². The third-order valence-corrected chi connectivity index (χ3v) is 4.61. The van der Waals surface area contributed by atoms with Crippen LogP contribution in [0.25, 0.3) is 11.0 Å². The van der Waals surface area contributed by atoms with Gasteiger partial charge in [0.15, 0.2) is 5.82 Å². The summed E-state index contributed by atoms with van der Waals surface area (Å²) in [6.07, 6.45) is -0.302. The summed E-state index contributed by atoms with van der Waals surface area (Å²) in [6, 6.07) is 5.65. The minimum absolute atomic E-state index is 0.0224. The minimum atomic E-state index is -0.302. The van der Waals surface area contributed by atoms with E-state index in [4.69, 9.17) is 4.74 Å². The van der Waals surface area contributed by atoms with Crippen molar-refractivity contribution >= 4 is 16.9 Å². The van der Waals surface area contributed by atoms with E-state index in [1.165, 1.54) is 0 Å². The maximum absolute atomic E-state index is 12.9. The van der Waals surface area contributed by atoms with E-state index in [1.807, 2.05) is 43.7 Å². The zero-order valence-electron chi connectivity index (χ0n) is 14.5. The predicted octanol–water partition coefficient (Wildman–Crippen LogP) is 1.52. The minimum Gasteiger partial charge on any atom is -0.366 e. The van der Waals surface area contributed by atoms with Gasteiger partial charge in [-0.3, -0.25) is 9.89 Å². The smallest absolute Gasteiger partial charge is 0.254 e. The van der Waals surface area contributed by atoms with Crippen molar-refractivity contribution in [3.63, 3.8) is 0 Å². The van der Waals surface area contributed by atoms with Crippen LogP contribution in [-0.4, -0.2) is 55.2 Å². The Morgan fingerprint density at radius 3 is 2.92 bits per heavy atom. The van der Waals surface area contributed by atoms with Gasteiger partial charge in [-0.05, 0) is 32.0 Å². The van der Waals surface area contributed by atoms with E-state index in [0.717, 1.165) is 22.7 Å². The number of nitrogens with one attached hydrogen (secondary N) is 1. The highest BCUT2D eigenvalue weighted by Gasteiger charge is 2.28. The van der Waals surface area contributed by atoms with Crippen LogP contribution in [-0.2, 0) is 11.8 Å². The van der Waals surface area contributed by atoms with Crippen LogP contribution in [0, 0.1) is 13.8 Å². The highest BCUT2D eigenvalue weighted by molar-refractivity contribution is 5.97. The van der Waals surface area contributed by atoms with Crippen molar-refractivity contribution in [2.24, 2.45) is 7.05 Å². The van der Waals surface area contributed by atoms with Gasteiger partial charge >= 0.3 is 0 Å². The average molecular weight is 340 g/mol. The fraction of sp³-hybridized carbons (Fsp3) is 0.412. The molecule has 1 saturated heterocycles. The van der Waals surface area contributed by atoms with Gasteiger partial charge in [0.1, 0.15) is 17.8 Å². The normalized spacial score (nSPS) is 18.0. The Balaban J connectivity index is 1.57. The topological polar surface area (TPSA) is 88.9 Å². The van der Waals surface area contributed by atoms with Crippen LogP contribution in [0.4, 0.5) is 0 Å². The van der Waals surface area contributed by atoms with Crippen molar-refractivity contribution in [1.82, 2.24) is 29.6 Å². The third kappa shape index (κ3) is 2.78. The number of carbonyl (C=O) groups is 1. The molecule has 1 fully saturated rings. The zero-order chi connectivity index (χ0) is 17.6. The summed E-state index contributed by atoms with van der Waals surface area (Å²) in [7, 11) is 1.97. The molecular weight excluding hydrogens is 320 g/mol. The molecule has 2 aromatic heterocycles. The molecule has 0 saturated carbocycles. The molecule has 1 amide bonds. The molecule has 1 atom stereocenters. The van der Waals surface area contributed by atoms with Gasteiger partial charge in [-0.25, -0.2) is 9.97 Å². The number of H-pyrrole nitrogens is 1. The number of morpholine rings is 1. The molecule has 0 spiro atoms. The van der Waals surface area contributed by atoms with E-state index in [-0.39, 0.29) is 12.0 Å². The van der Waals surface area contributed by atoms with Crippen molar-refractivity contribution in [2.45, 2.75) is 20.0 Å². The summed E-state index contributed by atoms with van der Waals surface area (Å²) in [4.78, 5) is 23.5. The van der Waals surface area contributed by atoms with Crippen LogP contribution in [0.15, 0.2) is 18.2 Å². The molecule has 1 aromatic carbocycles. The highest BCUT2D eigenvalue weighted by Crippen LogP contribution is 2.22. The van der Waals surface area contributed by atoms with Gasteiger partial charge in [-0.2, -0.15) is 5.10 Å². The SMILES string of the molecule is Cc1nc([C@@H]2CN(C(=O)c3ccc4c(c3)nc(C)n4C)CCO2)n[nH]1.